The highest BCUT2D eigenvalue weighted by molar-refractivity contribution is 6.15. The molecule has 0 aliphatic carbocycles. The summed E-state index contributed by atoms with van der Waals surface area (Å²) in [5.41, 5.74) is 14.5. The Morgan fingerprint density at radius 3 is 1.72 bits per heavy atom. The van der Waals surface area contributed by atoms with Gasteiger partial charge in [0.05, 0.1) is 22.5 Å². The third kappa shape index (κ3) is 6.93. The Hall–Kier alpha value is -7.56. The van der Waals surface area contributed by atoms with Gasteiger partial charge in [0.2, 0.25) is 0 Å². The van der Waals surface area contributed by atoms with Gasteiger partial charge in [0, 0.05) is 22.3 Å². The zero-order chi connectivity index (χ0) is 38.7. The van der Waals surface area contributed by atoms with Crippen LogP contribution in [-0.2, 0) is 0 Å². The highest BCUT2D eigenvalue weighted by atomic mass is 16.3. The lowest BCUT2D eigenvalue weighted by Crippen LogP contribution is -2.10. The van der Waals surface area contributed by atoms with Gasteiger partial charge in [0.25, 0.3) is 0 Å². The Bertz CT molecular complexity index is 2970. The van der Waals surface area contributed by atoms with Gasteiger partial charge in [0.15, 0.2) is 5.84 Å². The molecule has 276 valence electrons. The number of hydrogen-bond donors (Lipinski definition) is 0. The van der Waals surface area contributed by atoms with Crippen LogP contribution in [0, 0.1) is 0 Å². The van der Waals surface area contributed by atoms with Crippen molar-refractivity contribution in [2.75, 3.05) is 4.90 Å². The quantitative estimate of drug-likeness (QED) is 0.155. The minimum Gasteiger partial charge on any atom is -0.456 e. The number of benzene rings is 8. The lowest BCUT2D eigenvalue weighted by molar-refractivity contribution is 0.669. The molecule has 1 aliphatic rings. The van der Waals surface area contributed by atoms with E-state index in [-0.39, 0.29) is 0 Å². The molecule has 4 heteroatoms. The van der Waals surface area contributed by atoms with E-state index in [9.17, 15) is 0 Å². The fourth-order valence-corrected chi connectivity index (χ4v) is 7.92. The van der Waals surface area contributed by atoms with Gasteiger partial charge in [-0.25, -0.2) is 9.98 Å². The lowest BCUT2D eigenvalue weighted by atomic mass is 9.99. The number of amidine groups is 1. The number of hydrogen-bond acceptors (Lipinski definition) is 4. The maximum Gasteiger partial charge on any atom is 0.160 e. The molecule has 4 nitrogen and oxygen atoms in total. The number of para-hydroxylation sites is 1. The number of furan rings is 1. The van der Waals surface area contributed by atoms with Crippen molar-refractivity contribution in [3.8, 4) is 22.3 Å². The molecule has 1 aliphatic heterocycles. The third-order valence-corrected chi connectivity index (χ3v) is 10.8. The topological polar surface area (TPSA) is 41.1 Å². The zero-order valence-electron chi connectivity index (χ0n) is 31.9. The van der Waals surface area contributed by atoms with Gasteiger partial charge < -0.3 is 9.32 Å². The van der Waals surface area contributed by atoms with E-state index in [1.54, 1.807) is 0 Å². The average Bonchev–Trinajstić information content (AvgIpc) is 3.67. The number of nitrogens with zero attached hydrogens (tertiary/aromatic N) is 3. The van der Waals surface area contributed by atoms with E-state index in [1.165, 1.54) is 11.1 Å². The summed E-state index contributed by atoms with van der Waals surface area (Å²) in [6.07, 6.45) is 3.92. The average molecular weight is 746 g/mol. The second-order valence-electron chi connectivity index (χ2n) is 14.5. The molecular formula is C54H39N3O. The predicted octanol–water partition coefficient (Wildman–Crippen LogP) is 14.5. The first-order valence-electron chi connectivity index (χ1n) is 19.8. The molecule has 58 heavy (non-hydrogen) atoms. The highest BCUT2D eigenvalue weighted by Gasteiger charge is 2.20. The number of allylic oxidation sites excluding steroid dienone is 1. The SMILES string of the molecule is C1=C(c2ccccc2)/N=C(c2cccc(-c3ccc4c(c3)oc3cccc(N(c5ccccc5)c5ccc(-c6ccccc6)cc5)c34)c2)\N=C(\c2ccccc2)CC\1. The van der Waals surface area contributed by atoms with Crippen LogP contribution >= 0.6 is 0 Å². The molecule has 0 fully saturated rings. The Morgan fingerprint density at radius 2 is 0.983 bits per heavy atom. The smallest absolute Gasteiger partial charge is 0.160 e. The molecule has 10 rings (SSSR count). The van der Waals surface area contributed by atoms with Crippen molar-refractivity contribution in [2.24, 2.45) is 9.98 Å². The van der Waals surface area contributed by atoms with Crippen LogP contribution < -0.4 is 4.90 Å². The monoisotopic (exact) mass is 745 g/mol. The van der Waals surface area contributed by atoms with Crippen LogP contribution in [0.25, 0.3) is 49.9 Å². The Balaban J connectivity index is 1.05. The van der Waals surface area contributed by atoms with E-state index in [1.807, 2.05) is 12.1 Å². The number of rotatable bonds is 8. The van der Waals surface area contributed by atoms with Crippen LogP contribution in [0.2, 0.25) is 0 Å². The largest absolute Gasteiger partial charge is 0.456 e. The Kier molecular flexibility index (Phi) is 9.34. The molecule has 9 aromatic rings. The summed E-state index contributed by atoms with van der Waals surface area (Å²) in [5, 5.41) is 2.13. The van der Waals surface area contributed by atoms with Crippen molar-refractivity contribution in [1.29, 1.82) is 0 Å². The van der Waals surface area contributed by atoms with E-state index in [2.05, 4.69) is 205 Å². The molecule has 0 N–H and O–H groups in total. The number of aliphatic imine (C=N–C) groups is 2. The van der Waals surface area contributed by atoms with Crippen molar-refractivity contribution >= 4 is 56.2 Å². The van der Waals surface area contributed by atoms with Gasteiger partial charge >= 0.3 is 0 Å². The van der Waals surface area contributed by atoms with Crippen LogP contribution in [0.5, 0.6) is 0 Å². The van der Waals surface area contributed by atoms with Crippen LogP contribution in [0.4, 0.5) is 17.1 Å². The molecule has 0 saturated heterocycles. The van der Waals surface area contributed by atoms with Gasteiger partial charge in [0.1, 0.15) is 11.2 Å². The number of fused-ring (bicyclic) bond motifs is 3. The lowest BCUT2D eigenvalue weighted by Gasteiger charge is -2.26. The number of anilines is 3. The molecule has 0 saturated carbocycles. The molecule has 0 spiro atoms. The molecule has 2 heterocycles. The van der Waals surface area contributed by atoms with Crippen molar-refractivity contribution in [3.63, 3.8) is 0 Å². The van der Waals surface area contributed by atoms with Crippen molar-refractivity contribution in [2.45, 2.75) is 12.8 Å². The van der Waals surface area contributed by atoms with Crippen LogP contribution in [0.15, 0.2) is 227 Å². The molecule has 1 aromatic heterocycles. The minimum absolute atomic E-state index is 0.697. The van der Waals surface area contributed by atoms with Crippen LogP contribution in [0.3, 0.4) is 0 Å². The summed E-state index contributed by atoms with van der Waals surface area (Å²) < 4.78 is 6.68. The predicted molar refractivity (Wildman–Crippen MR) is 242 cm³/mol. The van der Waals surface area contributed by atoms with E-state index >= 15 is 0 Å². The second-order valence-corrected chi connectivity index (χ2v) is 14.5. The maximum atomic E-state index is 6.68. The highest BCUT2D eigenvalue weighted by Crippen LogP contribution is 2.44. The Morgan fingerprint density at radius 1 is 0.414 bits per heavy atom. The normalized spacial score (nSPS) is 15.7. The first-order chi connectivity index (χ1) is 28.7. The van der Waals surface area contributed by atoms with Gasteiger partial charge in [-0.2, -0.15) is 0 Å². The van der Waals surface area contributed by atoms with Gasteiger partial charge in [-0.1, -0.05) is 158 Å². The van der Waals surface area contributed by atoms with Crippen molar-refractivity contribution in [1.82, 2.24) is 0 Å². The molecular weight excluding hydrogens is 707 g/mol. The molecule has 0 radical (unpaired) electrons. The summed E-state index contributed by atoms with van der Waals surface area (Å²) in [5.74, 6) is 0.697. The van der Waals surface area contributed by atoms with E-state index < -0.39 is 0 Å². The molecule has 0 unspecified atom stereocenters. The summed E-state index contributed by atoms with van der Waals surface area (Å²) in [6.45, 7) is 0. The summed E-state index contributed by atoms with van der Waals surface area (Å²) in [7, 11) is 0. The van der Waals surface area contributed by atoms with Gasteiger partial charge in [-0.15, -0.1) is 0 Å². The standard InChI is InChI=1S/C54H39N3O/c1-5-16-38(17-6-1)39-30-33-46(34-31-39)57(45-24-11-4-12-25-45)50-28-15-29-51-53(50)47-35-32-43(37-52(47)58-51)42-22-13-23-44(36-42)54-55-48(40-18-7-2-8-19-40)26-14-27-49(56-54)41-20-9-3-10-21-41/h1-13,15-26,28-37H,14,27H2/b48-26-,55-54-,56-49+. The maximum absolute atomic E-state index is 6.68. The fourth-order valence-electron chi connectivity index (χ4n) is 7.92. The van der Waals surface area contributed by atoms with Crippen LogP contribution in [0.1, 0.15) is 29.5 Å². The first-order valence-corrected chi connectivity index (χ1v) is 19.8. The Labute approximate surface area is 338 Å². The van der Waals surface area contributed by atoms with Crippen molar-refractivity contribution in [3.05, 3.63) is 229 Å². The second kappa shape index (κ2) is 15.5. The summed E-state index contributed by atoms with van der Waals surface area (Å²) in [4.78, 5) is 12.8. The van der Waals surface area contributed by atoms with Gasteiger partial charge in [-0.3, -0.25) is 0 Å². The first kappa shape index (κ1) is 34.9. The molecule has 8 aromatic carbocycles. The fraction of sp³-hybridized carbons (Fsp3) is 0.0370. The third-order valence-electron chi connectivity index (χ3n) is 10.8. The van der Waals surface area contributed by atoms with E-state index in [0.717, 1.165) is 91.1 Å². The van der Waals surface area contributed by atoms with Crippen molar-refractivity contribution < 1.29 is 4.42 Å². The van der Waals surface area contributed by atoms with E-state index in [4.69, 9.17) is 14.4 Å². The minimum atomic E-state index is 0.697. The summed E-state index contributed by atoms with van der Waals surface area (Å²) in [6, 6.07) is 72.1. The molecule has 0 amide bonds. The summed E-state index contributed by atoms with van der Waals surface area (Å²) >= 11 is 0. The molecule has 0 bridgehead atoms. The van der Waals surface area contributed by atoms with Gasteiger partial charge in [-0.05, 0) is 101 Å². The van der Waals surface area contributed by atoms with E-state index in [0.29, 0.717) is 5.84 Å². The zero-order valence-corrected chi connectivity index (χ0v) is 31.9. The molecule has 0 atom stereocenters. The van der Waals surface area contributed by atoms with Crippen LogP contribution in [-0.4, -0.2) is 11.5 Å².